The summed E-state index contributed by atoms with van der Waals surface area (Å²) in [6, 6.07) is 6.75. The fraction of sp³-hybridized carbons (Fsp3) is 0.250. The average Bonchev–Trinajstić information content (AvgIpc) is 2.46. The highest BCUT2D eigenvalue weighted by Gasteiger charge is 2.18. The van der Waals surface area contributed by atoms with Gasteiger partial charge in [-0.05, 0) is 41.3 Å². The summed E-state index contributed by atoms with van der Waals surface area (Å²) in [5, 5.41) is 9.05. The summed E-state index contributed by atoms with van der Waals surface area (Å²) in [5.41, 5.74) is 3.36. The summed E-state index contributed by atoms with van der Waals surface area (Å²) < 4.78 is 13.2. The summed E-state index contributed by atoms with van der Waals surface area (Å²) in [7, 11) is 0. The molecule has 1 aromatic heterocycles. The molecule has 0 aliphatic carbocycles. The van der Waals surface area contributed by atoms with Gasteiger partial charge in [-0.2, -0.15) is 0 Å². The van der Waals surface area contributed by atoms with Crippen LogP contribution in [0.4, 0.5) is 4.39 Å². The predicted molar refractivity (Wildman–Crippen MR) is 75.4 cm³/mol. The normalized spacial score (nSPS) is 14.7. The first-order valence-corrected chi connectivity index (χ1v) is 6.79. The van der Waals surface area contributed by atoms with Crippen molar-refractivity contribution < 1.29 is 14.3 Å². The van der Waals surface area contributed by atoms with Crippen molar-refractivity contribution in [3.05, 3.63) is 64.7 Å². The highest BCUT2D eigenvalue weighted by molar-refractivity contribution is 5.87. The Morgan fingerprint density at radius 1 is 1.29 bits per heavy atom. The first kappa shape index (κ1) is 13.7. The lowest BCUT2D eigenvalue weighted by Gasteiger charge is -2.28. The van der Waals surface area contributed by atoms with Gasteiger partial charge in [0.05, 0.1) is 11.8 Å². The minimum absolute atomic E-state index is 0.308. The van der Waals surface area contributed by atoms with Crippen LogP contribution >= 0.6 is 0 Å². The number of rotatable bonds is 3. The topological polar surface area (TPSA) is 53.4 Å². The Hall–Kier alpha value is -2.27. The molecule has 1 aliphatic heterocycles. The Kier molecular flexibility index (Phi) is 3.66. The van der Waals surface area contributed by atoms with Crippen LogP contribution < -0.4 is 0 Å². The molecule has 21 heavy (non-hydrogen) atoms. The largest absolute Gasteiger partial charge is 0.478 e. The lowest BCUT2D eigenvalue weighted by atomic mass is 9.97. The van der Waals surface area contributed by atoms with Crippen LogP contribution in [-0.4, -0.2) is 27.5 Å². The molecule has 0 spiro atoms. The van der Waals surface area contributed by atoms with Crippen LogP contribution in [0.1, 0.15) is 27.0 Å². The van der Waals surface area contributed by atoms with E-state index in [1.165, 1.54) is 17.8 Å². The third kappa shape index (κ3) is 3.08. The number of benzene rings is 1. The first-order chi connectivity index (χ1) is 10.1. The minimum atomic E-state index is -0.913. The summed E-state index contributed by atoms with van der Waals surface area (Å²) in [5.74, 6) is -1.25. The van der Waals surface area contributed by atoms with Gasteiger partial charge in [0.2, 0.25) is 0 Å². The van der Waals surface area contributed by atoms with Crippen molar-refractivity contribution in [1.82, 2.24) is 9.88 Å². The molecule has 0 atom stereocenters. The molecule has 0 amide bonds. The number of carboxylic acids is 1. The van der Waals surface area contributed by atoms with Crippen molar-refractivity contribution in [2.24, 2.45) is 0 Å². The molecule has 1 aromatic carbocycles. The zero-order valence-electron chi connectivity index (χ0n) is 11.4. The molecule has 0 unspecified atom stereocenters. The maximum absolute atomic E-state index is 13.2. The van der Waals surface area contributed by atoms with Gasteiger partial charge in [0.1, 0.15) is 5.82 Å². The van der Waals surface area contributed by atoms with E-state index in [1.807, 2.05) is 6.07 Å². The molecule has 2 aromatic rings. The van der Waals surface area contributed by atoms with Gasteiger partial charge in [0.15, 0.2) is 0 Å². The van der Waals surface area contributed by atoms with Gasteiger partial charge in [-0.3, -0.25) is 9.88 Å². The van der Waals surface area contributed by atoms with E-state index in [0.717, 1.165) is 24.1 Å². The molecule has 2 heterocycles. The summed E-state index contributed by atoms with van der Waals surface area (Å²) in [6.45, 7) is 2.16. The van der Waals surface area contributed by atoms with Gasteiger partial charge in [-0.25, -0.2) is 9.18 Å². The molecule has 4 nitrogen and oxygen atoms in total. The number of carboxylic acid groups (broad SMARTS) is 1. The van der Waals surface area contributed by atoms with Crippen molar-refractivity contribution in [1.29, 1.82) is 0 Å². The van der Waals surface area contributed by atoms with Crippen molar-refractivity contribution in [3.8, 4) is 0 Å². The van der Waals surface area contributed by atoms with Crippen molar-refractivity contribution in [2.45, 2.75) is 19.5 Å². The van der Waals surface area contributed by atoms with Crippen LogP contribution in [0, 0.1) is 5.82 Å². The number of fused-ring (bicyclic) bond motifs is 1. The number of hydrogen-bond acceptors (Lipinski definition) is 3. The van der Waals surface area contributed by atoms with Crippen LogP contribution in [0.25, 0.3) is 0 Å². The van der Waals surface area contributed by atoms with Crippen LogP contribution in [0.15, 0.2) is 36.7 Å². The molecular formula is C16H15FN2O2. The fourth-order valence-electron chi connectivity index (χ4n) is 2.68. The number of nitrogens with zero attached hydrogens (tertiary/aromatic N) is 2. The smallest absolute Gasteiger partial charge is 0.335 e. The summed E-state index contributed by atoms with van der Waals surface area (Å²) in [6.07, 6.45) is 3.72. The lowest BCUT2D eigenvalue weighted by Crippen LogP contribution is -2.30. The number of hydrogen-bond donors (Lipinski definition) is 1. The monoisotopic (exact) mass is 286 g/mol. The third-order valence-electron chi connectivity index (χ3n) is 3.71. The zero-order chi connectivity index (χ0) is 14.8. The van der Waals surface area contributed by atoms with E-state index in [0.29, 0.717) is 18.7 Å². The second-order valence-electron chi connectivity index (χ2n) is 5.26. The van der Waals surface area contributed by atoms with E-state index in [1.54, 1.807) is 18.3 Å². The van der Waals surface area contributed by atoms with Crippen LogP contribution in [0.5, 0.6) is 0 Å². The fourth-order valence-corrected chi connectivity index (χ4v) is 2.68. The molecular weight excluding hydrogens is 271 g/mol. The Balaban J connectivity index is 1.77. The quantitative estimate of drug-likeness (QED) is 0.941. The molecule has 0 radical (unpaired) electrons. The van der Waals surface area contributed by atoms with E-state index in [-0.39, 0.29) is 5.82 Å². The minimum Gasteiger partial charge on any atom is -0.478 e. The molecule has 1 aliphatic rings. The van der Waals surface area contributed by atoms with Crippen molar-refractivity contribution in [3.63, 3.8) is 0 Å². The maximum Gasteiger partial charge on any atom is 0.335 e. The van der Waals surface area contributed by atoms with Crippen molar-refractivity contribution >= 4 is 5.97 Å². The van der Waals surface area contributed by atoms with Gasteiger partial charge in [0.25, 0.3) is 0 Å². The third-order valence-corrected chi connectivity index (χ3v) is 3.71. The Labute approximate surface area is 121 Å². The molecule has 5 heteroatoms. The molecule has 3 rings (SSSR count). The van der Waals surface area contributed by atoms with Crippen molar-refractivity contribution in [2.75, 3.05) is 6.54 Å². The average molecular weight is 286 g/mol. The van der Waals surface area contributed by atoms with Gasteiger partial charge >= 0.3 is 5.97 Å². The summed E-state index contributed by atoms with van der Waals surface area (Å²) in [4.78, 5) is 17.1. The Morgan fingerprint density at radius 2 is 2.14 bits per heavy atom. The highest BCUT2D eigenvalue weighted by Crippen LogP contribution is 2.22. The molecule has 1 N–H and O–H groups in total. The van der Waals surface area contributed by atoms with E-state index in [4.69, 9.17) is 5.11 Å². The lowest BCUT2D eigenvalue weighted by molar-refractivity contribution is 0.0696. The van der Waals surface area contributed by atoms with Gasteiger partial charge < -0.3 is 5.11 Å². The van der Waals surface area contributed by atoms with E-state index in [2.05, 4.69) is 9.88 Å². The number of aromatic carboxylic acids is 1. The number of carbonyl (C=O) groups is 1. The molecule has 0 fully saturated rings. The number of halogens is 1. The van der Waals surface area contributed by atoms with E-state index in [9.17, 15) is 9.18 Å². The number of aromatic nitrogens is 1. The standard InChI is InChI=1S/C16H15FN2O2/c17-15-5-11(7-18-8-15)9-19-4-3-12-1-2-13(16(20)21)6-14(12)10-19/h1-2,5-8H,3-4,9-10H2,(H,20,21). The second-order valence-corrected chi connectivity index (χ2v) is 5.26. The number of pyridine rings is 1. The first-order valence-electron chi connectivity index (χ1n) is 6.79. The van der Waals surface area contributed by atoms with Crippen LogP contribution in [-0.2, 0) is 19.5 Å². The second kappa shape index (κ2) is 5.61. The maximum atomic E-state index is 13.2. The van der Waals surface area contributed by atoms with Crippen LogP contribution in [0.2, 0.25) is 0 Å². The van der Waals surface area contributed by atoms with Gasteiger partial charge in [0, 0.05) is 25.8 Å². The van der Waals surface area contributed by atoms with Crippen LogP contribution in [0.3, 0.4) is 0 Å². The van der Waals surface area contributed by atoms with Gasteiger partial charge in [-0.15, -0.1) is 0 Å². The molecule has 108 valence electrons. The molecule has 0 saturated carbocycles. The Bertz CT molecular complexity index is 688. The van der Waals surface area contributed by atoms with E-state index < -0.39 is 5.97 Å². The predicted octanol–water partition coefficient (Wildman–Crippen LogP) is 2.48. The SMILES string of the molecule is O=C(O)c1ccc2c(c1)CN(Cc1cncc(F)c1)CC2. The van der Waals surface area contributed by atoms with E-state index >= 15 is 0 Å². The molecule has 0 bridgehead atoms. The van der Waals surface area contributed by atoms with Gasteiger partial charge in [-0.1, -0.05) is 6.07 Å². The molecule has 0 saturated heterocycles. The summed E-state index contributed by atoms with van der Waals surface area (Å²) >= 11 is 0. The Morgan fingerprint density at radius 3 is 2.90 bits per heavy atom. The highest BCUT2D eigenvalue weighted by atomic mass is 19.1. The zero-order valence-corrected chi connectivity index (χ0v) is 11.4.